The number of hydrogen-bond acceptors (Lipinski definition) is 2. The van der Waals surface area contributed by atoms with Gasteiger partial charge in [-0.2, -0.15) is 18.6 Å². The van der Waals surface area contributed by atoms with Gasteiger partial charge in [0.2, 0.25) is 0 Å². The summed E-state index contributed by atoms with van der Waals surface area (Å²) in [6.07, 6.45) is -6.40. The molecule has 0 aromatic rings. The number of carbonyl (C=O) groups excluding carboxylic acids is 1. The van der Waals surface area contributed by atoms with E-state index in [1.165, 1.54) is 7.05 Å². The second-order valence-corrected chi connectivity index (χ2v) is 2.11. The van der Waals surface area contributed by atoms with Crippen LogP contribution < -0.4 is 10.7 Å². The number of alkyl halides is 3. The zero-order valence-corrected chi connectivity index (χ0v) is 5.57. The Hall–Kier alpha value is -0.980. The van der Waals surface area contributed by atoms with E-state index in [2.05, 4.69) is 0 Å². The van der Waals surface area contributed by atoms with Gasteiger partial charge in [0.25, 0.3) is 0 Å². The van der Waals surface area contributed by atoms with Crippen LogP contribution in [0.4, 0.5) is 18.0 Å². The molecule has 0 aromatic heterocycles. The number of nitrogens with zero attached hydrogens (tertiary/aromatic N) is 1. The predicted molar refractivity (Wildman–Crippen MR) is 29.3 cm³/mol. The zero-order valence-electron chi connectivity index (χ0n) is 5.57. The largest absolute Gasteiger partial charge is 0.423 e. The topological polar surface area (TPSA) is 44.4 Å². The van der Waals surface area contributed by atoms with Crippen molar-refractivity contribution in [1.29, 1.82) is 0 Å². The molecule has 0 saturated carbocycles. The monoisotopic (exact) mass is 169 g/mol. The standard InChI is InChI=1S/C4H6F3N3O/c1-10-3(11)8-2(9-10)4(5,6)7/h2,9H,1H3,(H,8,11). The van der Waals surface area contributed by atoms with Gasteiger partial charge in [-0.05, 0) is 0 Å². The van der Waals surface area contributed by atoms with Crippen LogP contribution in [0.3, 0.4) is 0 Å². The molecule has 1 aliphatic rings. The van der Waals surface area contributed by atoms with Gasteiger partial charge in [-0.25, -0.2) is 4.79 Å². The van der Waals surface area contributed by atoms with Crippen LogP contribution in [0, 0.1) is 0 Å². The molecule has 7 heteroatoms. The molecule has 0 spiro atoms. The van der Waals surface area contributed by atoms with Crippen molar-refractivity contribution in [2.75, 3.05) is 7.05 Å². The second kappa shape index (κ2) is 2.26. The van der Waals surface area contributed by atoms with E-state index in [0.717, 1.165) is 5.01 Å². The highest BCUT2D eigenvalue weighted by Crippen LogP contribution is 2.20. The third-order valence-corrected chi connectivity index (χ3v) is 1.22. The first-order chi connectivity index (χ1) is 4.91. The van der Waals surface area contributed by atoms with Gasteiger partial charge in [0.1, 0.15) is 0 Å². The van der Waals surface area contributed by atoms with Crippen molar-refractivity contribution >= 4 is 6.03 Å². The third-order valence-electron chi connectivity index (χ3n) is 1.22. The molecule has 1 aliphatic heterocycles. The van der Waals surface area contributed by atoms with Gasteiger partial charge < -0.3 is 5.32 Å². The summed E-state index contributed by atoms with van der Waals surface area (Å²) < 4.78 is 35.4. The fourth-order valence-electron chi connectivity index (χ4n) is 0.660. The van der Waals surface area contributed by atoms with E-state index in [9.17, 15) is 18.0 Å². The van der Waals surface area contributed by atoms with Crippen molar-refractivity contribution in [3.8, 4) is 0 Å². The fraction of sp³-hybridized carbons (Fsp3) is 0.750. The van der Waals surface area contributed by atoms with E-state index in [0.29, 0.717) is 0 Å². The highest BCUT2D eigenvalue weighted by Gasteiger charge is 2.45. The number of nitrogens with one attached hydrogen (secondary N) is 2. The minimum atomic E-state index is -4.44. The Labute approximate surface area is 60.3 Å². The molecule has 11 heavy (non-hydrogen) atoms. The summed E-state index contributed by atoms with van der Waals surface area (Å²) in [7, 11) is 1.21. The minimum Gasteiger partial charge on any atom is -0.312 e. The lowest BCUT2D eigenvalue weighted by Gasteiger charge is -2.13. The molecule has 1 saturated heterocycles. The maximum Gasteiger partial charge on any atom is 0.423 e. The van der Waals surface area contributed by atoms with E-state index in [1.807, 2.05) is 5.43 Å². The van der Waals surface area contributed by atoms with Crippen molar-refractivity contribution in [2.24, 2.45) is 0 Å². The summed E-state index contributed by atoms with van der Waals surface area (Å²) in [6.45, 7) is 0. The van der Waals surface area contributed by atoms with Crippen molar-refractivity contribution in [3.63, 3.8) is 0 Å². The molecule has 2 amide bonds. The lowest BCUT2D eigenvalue weighted by molar-refractivity contribution is -0.160. The van der Waals surface area contributed by atoms with E-state index in [4.69, 9.17) is 0 Å². The molecule has 1 fully saturated rings. The van der Waals surface area contributed by atoms with Crippen LogP contribution in [0.5, 0.6) is 0 Å². The first-order valence-electron chi connectivity index (χ1n) is 2.78. The van der Waals surface area contributed by atoms with Crippen LogP contribution in [-0.2, 0) is 0 Å². The Bertz CT molecular complexity index is 180. The van der Waals surface area contributed by atoms with E-state index in [-0.39, 0.29) is 0 Å². The van der Waals surface area contributed by atoms with Crippen LogP contribution >= 0.6 is 0 Å². The maximum absolute atomic E-state index is 11.8. The van der Waals surface area contributed by atoms with E-state index >= 15 is 0 Å². The number of carbonyl (C=O) groups is 1. The number of urea groups is 1. The van der Waals surface area contributed by atoms with Gasteiger partial charge in [0, 0.05) is 7.05 Å². The lowest BCUT2D eigenvalue weighted by atomic mass is 10.5. The van der Waals surface area contributed by atoms with E-state index < -0.39 is 18.4 Å². The number of hydrogen-bond donors (Lipinski definition) is 2. The Balaban J connectivity index is 2.61. The molecule has 1 atom stereocenters. The highest BCUT2D eigenvalue weighted by atomic mass is 19.4. The first-order valence-corrected chi connectivity index (χ1v) is 2.78. The quantitative estimate of drug-likeness (QED) is 0.537. The Morgan fingerprint density at radius 2 is 2.09 bits per heavy atom. The number of rotatable bonds is 0. The molecule has 0 aromatic carbocycles. The molecule has 4 nitrogen and oxygen atoms in total. The summed E-state index contributed by atoms with van der Waals surface area (Å²) >= 11 is 0. The molecule has 1 rings (SSSR count). The molecule has 64 valence electrons. The van der Waals surface area contributed by atoms with Crippen molar-refractivity contribution in [3.05, 3.63) is 0 Å². The molecule has 1 heterocycles. The van der Waals surface area contributed by atoms with Gasteiger partial charge in [-0.15, -0.1) is 0 Å². The van der Waals surface area contributed by atoms with Crippen LogP contribution in [0.2, 0.25) is 0 Å². The summed E-state index contributed by atoms with van der Waals surface area (Å²) in [5.74, 6) is 0. The number of hydrazine groups is 1. The SMILES string of the molecule is CN1NC(C(F)(F)F)NC1=O. The Morgan fingerprint density at radius 3 is 2.27 bits per heavy atom. The summed E-state index contributed by atoms with van der Waals surface area (Å²) in [5, 5.41) is 2.44. The van der Waals surface area contributed by atoms with Gasteiger partial charge >= 0.3 is 12.2 Å². The third kappa shape index (κ3) is 1.53. The number of halogens is 3. The van der Waals surface area contributed by atoms with Crippen molar-refractivity contribution in [1.82, 2.24) is 15.8 Å². The molecule has 0 aliphatic carbocycles. The lowest BCUT2D eigenvalue weighted by Crippen LogP contribution is -2.46. The zero-order chi connectivity index (χ0) is 8.65. The fourth-order valence-corrected chi connectivity index (χ4v) is 0.660. The normalized spacial score (nSPS) is 25.6. The van der Waals surface area contributed by atoms with Gasteiger partial charge in [0.15, 0.2) is 6.17 Å². The molecular formula is C4H6F3N3O. The Morgan fingerprint density at radius 1 is 1.55 bits per heavy atom. The molecule has 0 radical (unpaired) electrons. The highest BCUT2D eigenvalue weighted by molar-refractivity contribution is 5.75. The maximum atomic E-state index is 11.8. The minimum absolute atomic E-state index is 0.748. The van der Waals surface area contributed by atoms with Crippen LogP contribution in [0.15, 0.2) is 0 Å². The molecule has 2 N–H and O–H groups in total. The van der Waals surface area contributed by atoms with Crippen LogP contribution in [-0.4, -0.2) is 30.4 Å². The first kappa shape index (κ1) is 8.12. The summed E-state index contributed by atoms with van der Waals surface area (Å²) in [4.78, 5) is 10.5. The van der Waals surface area contributed by atoms with Crippen molar-refractivity contribution < 1.29 is 18.0 Å². The Kier molecular flexibility index (Phi) is 1.67. The predicted octanol–water partition coefficient (Wildman–Crippen LogP) is 0.0344. The second-order valence-electron chi connectivity index (χ2n) is 2.11. The average molecular weight is 169 g/mol. The van der Waals surface area contributed by atoms with Crippen LogP contribution in [0.1, 0.15) is 0 Å². The molecule has 0 bridgehead atoms. The average Bonchev–Trinajstić information content (AvgIpc) is 2.11. The van der Waals surface area contributed by atoms with E-state index in [1.54, 1.807) is 5.32 Å². The van der Waals surface area contributed by atoms with Gasteiger partial charge in [0.05, 0.1) is 0 Å². The van der Waals surface area contributed by atoms with Crippen molar-refractivity contribution in [2.45, 2.75) is 12.3 Å². The summed E-state index contributed by atoms with van der Waals surface area (Å²) in [6, 6.07) is -0.785. The smallest absolute Gasteiger partial charge is 0.312 e. The molecular weight excluding hydrogens is 163 g/mol. The van der Waals surface area contributed by atoms with Gasteiger partial charge in [-0.3, -0.25) is 5.01 Å². The molecule has 1 unspecified atom stereocenters. The van der Waals surface area contributed by atoms with Gasteiger partial charge in [-0.1, -0.05) is 0 Å². The van der Waals surface area contributed by atoms with Crippen LogP contribution in [0.25, 0.3) is 0 Å². The number of amides is 2. The summed E-state index contributed by atoms with van der Waals surface area (Å²) in [5.41, 5.74) is 1.89.